The van der Waals surface area contributed by atoms with Gasteiger partial charge in [-0.25, -0.2) is 4.79 Å². The van der Waals surface area contributed by atoms with Crippen molar-refractivity contribution in [3.8, 4) is 0 Å². The number of carbonyl (C=O) groups excluding carboxylic acids is 1. The van der Waals surface area contributed by atoms with Crippen LogP contribution >= 0.6 is 22.7 Å². The van der Waals surface area contributed by atoms with Gasteiger partial charge in [0.2, 0.25) is 0 Å². The van der Waals surface area contributed by atoms with E-state index in [2.05, 4.69) is 6.07 Å². The fraction of sp³-hybridized carbons (Fsp3) is 0.296. The van der Waals surface area contributed by atoms with Gasteiger partial charge in [-0.3, -0.25) is 14.2 Å². The third-order valence-electron chi connectivity index (χ3n) is 6.14. The second-order valence-corrected chi connectivity index (χ2v) is 11.6. The van der Waals surface area contributed by atoms with Crippen molar-refractivity contribution in [3.05, 3.63) is 87.2 Å². The Morgan fingerprint density at radius 2 is 1.91 bits per heavy atom. The van der Waals surface area contributed by atoms with Crippen molar-refractivity contribution >= 4 is 51.6 Å². The molecule has 1 aliphatic rings. The number of aryl methyl sites for hydroxylation is 2. The van der Waals surface area contributed by atoms with Crippen molar-refractivity contribution in [3.63, 3.8) is 0 Å². The highest BCUT2D eigenvalue weighted by Gasteiger charge is 2.20. The fourth-order valence-corrected chi connectivity index (χ4v) is 5.89. The minimum absolute atomic E-state index is 0.0557. The van der Waals surface area contributed by atoms with Gasteiger partial charge in [-0.15, -0.1) is 11.3 Å². The van der Waals surface area contributed by atoms with Gasteiger partial charge < -0.3 is 4.42 Å². The highest BCUT2D eigenvalue weighted by molar-refractivity contribution is 7.08. The largest absolute Gasteiger partial charge is 0.423 e. The smallest absolute Gasteiger partial charge is 0.336 e. The van der Waals surface area contributed by atoms with Gasteiger partial charge in [-0.2, -0.15) is 11.3 Å². The first-order valence-corrected chi connectivity index (χ1v) is 13.0. The monoisotopic (exact) mass is 491 g/mol. The average molecular weight is 492 g/mol. The summed E-state index contributed by atoms with van der Waals surface area (Å²) in [4.78, 5) is 38.7. The molecule has 0 saturated carbocycles. The molecule has 0 amide bonds. The van der Waals surface area contributed by atoms with Crippen molar-refractivity contribution in [1.29, 1.82) is 0 Å². The molecule has 1 aliphatic carbocycles. The van der Waals surface area contributed by atoms with Gasteiger partial charge in [0, 0.05) is 22.9 Å². The Morgan fingerprint density at radius 1 is 1.15 bits per heavy atom. The van der Waals surface area contributed by atoms with E-state index in [1.54, 1.807) is 22.0 Å². The predicted molar refractivity (Wildman–Crippen MR) is 138 cm³/mol. The van der Waals surface area contributed by atoms with Crippen molar-refractivity contribution in [1.82, 2.24) is 4.57 Å². The van der Waals surface area contributed by atoms with Crippen LogP contribution in [0.5, 0.6) is 0 Å². The first-order valence-electron chi connectivity index (χ1n) is 11.3. The maximum atomic E-state index is 13.5. The molecule has 0 spiro atoms. The van der Waals surface area contributed by atoms with Crippen LogP contribution in [0.25, 0.3) is 23.1 Å². The lowest BCUT2D eigenvalue weighted by atomic mass is 9.91. The van der Waals surface area contributed by atoms with Gasteiger partial charge in [0.05, 0.1) is 11.1 Å². The quantitative estimate of drug-likeness (QED) is 0.407. The van der Waals surface area contributed by atoms with E-state index in [1.165, 1.54) is 28.5 Å². The van der Waals surface area contributed by atoms with Gasteiger partial charge in [0.15, 0.2) is 5.78 Å². The van der Waals surface area contributed by atoms with Crippen LogP contribution in [-0.4, -0.2) is 10.4 Å². The van der Waals surface area contributed by atoms with E-state index in [1.807, 2.05) is 49.7 Å². The standard InChI is InChI=1S/C27H25NO4S2/c1-27(2,3)23(29)13-24-28(26(31)22(34-24)9-16-7-8-33-15-16)14-19-12-25(30)32-21-11-18-6-4-5-17(18)10-20(19)21/h7-13,15H,4-6,14H2,1-3H3/b22-9-,24-13-. The molecule has 0 bridgehead atoms. The summed E-state index contributed by atoms with van der Waals surface area (Å²) in [6.45, 7) is 5.77. The Balaban J connectivity index is 1.71. The molecule has 3 heterocycles. The molecular weight excluding hydrogens is 466 g/mol. The van der Waals surface area contributed by atoms with Crippen LogP contribution in [0.3, 0.4) is 0 Å². The minimum atomic E-state index is -0.566. The summed E-state index contributed by atoms with van der Waals surface area (Å²) in [5.74, 6) is -0.0557. The minimum Gasteiger partial charge on any atom is -0.423 e. The first kappa shape index (κ1) is 22.7. The average Bonchev–Trinajstić information content (AvgIpc) is 3.50. The molecule has 0 N–H and O–H groups in total. The third kappa shape index (κ3) is 4.38. The van der Waals surface area contributed by atoms with E-state index in [0.717, 1.165) is 35.8 Å². The second kappa shape index (κ2) is 8.64. The Labute approximate surface area is 204 Å². The van der Waals surface area contributed by atoms with Crippen LogP contribution in [-0.2, 0) is 24.2 Å². The molecule has 0 aliphatic heterocycles. The van der Waals surface area contributed by atoms with Crippen LogP contribution < -0.4 is 20.4 Å². The molecule has 0 fully saturated rings. The lowest BCUT2D eigenvalue weighted by Crippen LogP contribution is -2.33. The summed E-state index contributed by atoms with van der Waals surface area (Å²) < 4.78 is 8.24. The molecule has 0 unspecified atom stereocenters. The number of fused-ring (bicyclic) bond motifs is 2. The van der Waals surface area contributed by atoms with E-state index in [4.69, 9.17) is 4.42 Å². The molecule has 7 heteroatoms. The Morgan fingerprint density at radius 3 is 2.62 bits per heavy atom. The van der Waals surface area contributed by atoms with E-state index in [9.17, 15) is 14.4 Å². The number of thiazole rings is 1. The molecule has 5 rings (SSSR count). The summed E-state index contributed by atoms with van der Waals surface area (Å²) in [6.07, 6.45) is 6.48. The van der Waals surface area contributed by atoms with Gasteiger partial charge in [0.25, 0.3) is 5.56 Å². The number of Topliss-reactive ketones (excluding diaryl/α,β-unsaturated/α-hetero) is 1. The van der Waals surface area contributed by atoms with Crippen LogP contribution in [0.2, 0.25) is 0 Å². The molecule has 174 valence electrons. The molecule has 4 aromatic rings. The van der Waals surface area contributed by atoms with E-state index >= 15 is 0 Å². The molecule has 0 radical (unpaired) electrons. The summed E-state index contributed by atoms with van der Waals surface area (Å²) in [6, 6.07) is 7.47. The van der Waals surface area contributed by atoms with E-state index in [0.29, 0.717) is 14.8 Å². The lowest BCUT2D eigenvalue weighted by Gasteiger charge is -2.13. The van der Waals surface area contributed by atoms with Gasteiger partial charge in [-0.05, 0) is 76.6 Å². The lowest BCUT2D eigenvalue weighted by molar-refractivity contribution is -0.120. The van der Waals surface area contributed by atoms with Crippen molar-refractivity contribution in [2.24, 2.45) is 5.41 Å². The maximum absolute atomic E-state index is 13.5. The van der Waals surface area contributed by atoms with E-state index < -0.39 is 11.0 Å². The van der Waals surface area contributed by atoms with Crippen molar-refractivity contribution < 1.29 is 9.21 Å². The third-order valence-corrected chi connectivity index (χ3v) is 7.90. The number of nitrogens with zero attached hydrogens (tertiary/aromatic N) is 1. The number of aromatic nitrogens is 1. The topological polar surface area (TPSA) is 69.3 Å². The zero-order chi connectivity index (χ0) is 24.0. The molecule has 5 nitrogen and oxygen atoms in total. The Bertz CT molecular complexity index is 1640. The predicted octanol–water partition coefficient (Wildman–Crippen LogP) is 3.84. The molecule has 0 saturated heterocycles. The number of ketones is 1. The van der Waals surface area contributed by atoms with Crippen LogP contribution in [0.1, 0.15) is 49.4 Å². The molecule has 34 heavy (non-hydrogen) atoms. The zero-order valence-corrected chi connectivity index (χ0v) is 21.0. The SMILES string of the molecule is CC(C)(C)C(=O)/C=c1\s/c(=C\c2ccsc2)c(=O)n1Cc1cc(=O)oc2cc3c(cc12)CCC3. The second-order valence-electron chi connectivity index (χ2n) is 9.72. The summed E-state index contributed by atoms with van der Waals surface area (Å²) >= 11 is 2.86. The van der Waals surface area contributed by atoms with Gasteiger partial charge in [-0.1, -0.05) is 20.8 Å². The highest BCUT2D eigenvalue weighted by atomic mass is 32.1. The van der Waals surface area contributed by atoms with Crippen molar-refractivity contribution in [2.75, 3.05) is 0 Å². The molecule has 3 aromatic heterocycles. The number of hydrogen-bond donors (Lipinski definition) is 0. The molecular formula is C27H25NO4S2. The Hall–Kier alpha value is -3.03. The van der Waals surface area contributed by atoms with Crippen LogP contribution in [0.4, 0.5) is 0 Å². The highest BCUT2D eigenvalue weighted by Crippen LogP contribution is 2.28. The number of benzene rings is 1. The number of carbonyl (C=O) groups is 1. The van der Waals surface area contributed by atoms with E-state index in [-0.39, 0.29) is 17.9 Å². The summed E-state index contributed by atoms with van der Waals surface area (Å²) in [5, 5.41) is 4.78. The molecule has 0 atom stereocenters. The first-order chi connectivity index (χ1) is 16.2. The summed E-state index contributed by atoms with van der Waals surface area (Å²) in [7, 11) is 0. The summed E-state index contributed by atoms with van der Waals surface area (Å²) in [5.41, 5.74) is 3.53. The Kier molecular flexibility index (Phi) is 5.78. The van der Waals surface area contributed by atoms with Crippen LogP contribution in [0, 0.1) is 5.41 Å². The van der Waals surface area contributed by atoms with Crippen LogP contribution in [0.15, 0.2) is 49.0 Å². The zero-order valence-electron chi connectivity index (χ0n) is 19.3. The number of hydrogen-bond acceptors (Lipinski definition) is 6. The fourth-order valence-electron chi connectivity index (χ4n) is 4.23. The number of thiophene rings is 1. The van der Waals surface area contributed by atoms with Crippen molar-refractivity contribution in [2.45, 2.75) is 46.6 Å². The normalized spacial score (nSPS) is 14.8. The van der Waals surface area contributed by atoms with Gasteiger partial charge in [0.1, 0.15) is 10.2 Å². The number of rotatable bonds is 4. The maximum Gasteiger partial charge on any atom is 0.336 e. The van der Waals surface area contributed by atoms with Gasteiger partial charge >= 0.3 is 5.63 Å². The molecule has 1 aromatic carbocycles.